The molecule has 1 aromatic carbocycles. The maximum atomic E-state index is 12.7. The average Bonchev–Trinajstić information content (AvgIpc) is 2.95. The lowest BCUT2D eigenvalue weighted by atomic mass is 10.0. The fraction of sp³-hybridized carbons (Fsp3) is 0.471. The van der Waals surface area contributed by atoms with Crippen LogP contribution in [0.5, 0.6) is 0 Å². The van der Waals surface area contributed by atoms with Gasteiger partial charge >= 0.3 is 0 Å². The number of ether oxygens (including phenoxy) is 1. The number of imide groups is 1. The second kappa shape index (κ2) is 7.75. The number of rotatable bonds is 7. The third-order valence-electron chi connectivity index (χ3n) is 4.63. The summed E-state index contributed by atoms with van der Waals surface area (Å²) in [5, 5.41) is 2.22. The Balaban J connectivity index is 1.83. The lowest BCUT2D eigenvalue weighted by molar-refractivity contribution is -0.136. The molecule has 0 bridgehead atoms. The molecular formula is C17H21N3O6S. The van der Waals surface area contributed by atoms with Gasteiger partial charge in [0.25, 0.3) is 5.91 Å². The Bertz CT molecular complexity index is 883. The minimum Gasteiger partial charge on any atom is -0.379 e. The zero-order valence-electron chi connectivity index (χ0n) is 14.6. The molecule has 0 saturated carbocycles. The third kappa shape index (κ3) is 3.87. The molecule has 1 atom stereocenters. The smallest absolute Gasteiger partial charge is 0.255 e. The van der Waals surface area contributed by atoms with Crippen molar-refractivity contribution in [3.63, 3.8) is 0 Å². The topological polar surface area (TPSA) is 136 Å². The van der Waals surface area contributed by atoms with E-state index in [1.54, 1.807) is 6.07 Å². The number of hydrogen-bond acceptors (Lipinski definition) is 7. The van der Waals surface area contributed by atoms with Crippen molar-refractivity contribution < 1.29 is 27.5 Å². The van der Waals surface area contributed by atoms with Crippen LogP contribution < -0.4 is 11.1 Å². The Morgan fingerprint density at radius 2 is 2.00 bits per heavy atom. The molecule has 3 amide bonds. The van der Waals surface area contributed by atoms with Gasteiger partial charge in [0.15, 0.2) is 9.84 Å². The predicted octanol–water partition coefficient (Wildman–Crippen LogP) is -0.803. The number of nitrogens with two attached hydrogens (primary N) is 1. The molecule has 27 heavy (non-hydrogen) atoms. The summed E-state index contributed by atoms with van der Waals surface area (Å²) in [5.41, 5.74) is 5.96. The number of nitrogens with one attached hydrogen (secondary N) is 1. The molecule has 1 aromatic rings. The van der Waals surface area contributed by atoms with Crippen molar-refractivity contribution in [3.8, 4) is 0 Å². The van der Waals surface area contributed by atoms with Gasteiger partial charge in [-0.15, -0.1) is 0 Å². The first kappa shape index (κ1) is 19.5. The normalized spacial score (nSPS) is 20.0. The lowest BCUT2D eigenvalue weighted by Crippen LogP contribution is -2.52. The molecule has 1 fully saturated rings. The van der Waals surface area contributed by atoms with Crippen LogP contribution in [0.25, 0.3) is 0 Å². The molecule has 0 aromatic heterocycles. The Hall–Kier alpha value is -2.30. The number of carbonyl (C=O) groups excluding carboxylic acids is 3. The number of hydrogen-bond donors (Lipinski definition) is 2. The van der Waals surface area contributed by atoms with Crippen LogP contribution in [-0.4, -0.2) is 62.6 Å². The average molecular weight is 395 g/mol. The van der Waals surface area contributed by atoms with Gasteiger partial charge in [-0.05, 0) is 18.6 Å². The molecule has 2 aliphatic heterocycles. The molecule has 3 rings (SSSR count). The van der Waals surface area contributed by atoms with Gasteiger partial charge in [0.1, 0.15) is 6.04 Å². The molecule has 9 nitrogen and oxygen atoms in total. The molecule has 2 aliphatic rings. The molecule has 1 unspecified atom stereocenters. The SMILES string of the molecule is NCCOCCS(=O)(=O)c1cccc2c1CN(C1CCC(=O)NC1=O)C2=O. The zero-order chi connectivity index (χ0) is 19.6. The number of benzene rings is 1. The maximum Gasteiger partial charge on any atom is 0.255 e. The van der Waals surface area contributed by atoms with E-state index in [1.807, 2.05) is 0 Å². The van der Waals surface area contributed by atoms with Crippen LogP contribution in [0.15, 0.2) is 23.1 Å². The second-order valence-corrected chi connectivity index (χ2v) is 8.48. The molecule has 0 radical (unpaired) electrons. The predicted molar refractivity (Wildman–Crippen MR) is 94.4 cm³/mol. The first-order chi connectivity index (χ1) is 12.8. The highest BCUT2D eigenvalue weighted by Crippen LogP contribution is 2.32. The first-order valence-corrected chi connectivity index (χ1v) is 10.3. The van der Waals surface area contributed by atoms with Crippen LogP contribution in [-0.2, 0) is 30.7 Å². The van der Waals surface area contributed by atoms with Gasteiger partial charge in [-0.25, -0.2) is 8.42 Å². The van der Waals surface area contributed by atoms with Crippen LogP contribution in [0.3, 0.4) is 0 Å². The van der Waals surface area contributed by atoms with Crippen LogP contribution in [0.4, 0.5) is 0 Å². The van der Waals surface area contributed by atoms with Crippen molar-refractivity contribution >= 4 is 27.6 Å². The van der Waals surface area contributed by atoms with E-state index >= 15 is 0 Å². The second-order valence-electron chi connectivity index (χ2n) is 6.40. The van der Waals surface area contributed by atoms with Crippen LogP contribution in [0.1, 0.15) is 28.8 Å². The molecular weight excluding hydrogens is 374 g/mol. The Labute approximate surface area is 156 Å². The summed E-state index contributed by atoms with van der Waals surface area (Å²) in [5.74, 6) is -1.54. The highest BCUT2D eigenvalue weighted by Gasteiger charge is 2.40. The van der Waals surface area contributed by atoms with E-state index in [2.05, 4.69) is 5.32 Å². The van der Waals surface area contributed by atoms with Gasteiger partial charge in [-0.3, -0.25) is 19.7 Å². The molecule has 3 N–H and O–H groups in total. The summed E-state index contributed by atoms with van der Waals surface area (Å²) < 4.78 is 30.5. The van der Waals surface area contributed by atoms with E-state index in [0.29, 0.717) is 12.1 Å². The van der Waals surface area contributed by atoms with Crippen molar-refractivity contribution in [2.75, 3.05) is 25.5 Å². The Morgan fingerprint density at radius 1 is 1.22 bits per heavy atom. The minimum absolute atomic E-state index is 0.00794. The fourth-order valence-electron chi connectivity index (χ4n) is 3.31. The van der Waals surface area contributed by atoms with Gasteiger partial charge < -0.3 is 15.4 Å². The molecule has 10 heteroatoms. The van der Waals surface area contributed by atoms with Crippen molar-refractivity contribution in [1.82, 2.24) is 10.2 Å². The van der Waals surface area contributed by atoms with Crippen LogP contribution >= 0.6 is 0 Å². The highest BCUT2D eigenvalue weighted by atomic mass is 32.2. The van der Waals surface area contributed by atoms with E-state index in [9.17, 15) is 22.8 Å². The Kier molecular flexibility index (Phi) is 5.59. The van der Waals surface area contributed by atoms with Gasteiger partial charge in [0.2, 0.25) is 11.8 Å². The van der Waals surface area contributed by atoms with Gasteiger partial charge in [-0.2, -0.15) is 0 Å². The summed E-state index contributed by atoms with van der Waals surface area (Å²) in [6.07, 6.45) is 0.361. The number of fused-ring (bicyclic) bond motifs is 1. The summed E-state index contributed by atoms with van der Waals surface area (Å²) in [6, 6.07) is 3.73. The molecule has 0 spiro atoms. The van der Waals surface area contributed by atoms with Gasteiger partial charge in [0.05, 0.1) is 23.9 Å². The van der Waals surface area contributed by atoms with Crippen molar-refractivity contribution in [3.05, 3.63) is 29.3 Å². The van der Waals surface area contributed by atoms with Gasteiger partial charge in [0, 0.05) is 30.6 Å². The number of sulfone groups is 1. The third-order valence-corrected chi connectivity index (χ3v) is 6.39. The summed E-state index contributed by atoms with van der Waals surface area (Å²) in [6.45, 7) is 0.591. The van der Waals surface area contributed by atoms with Crippen LogP contribution in [0, 0.1) is 0 Å². The van der Waals surface area contributed by atoms with E-state index in [1.165, 1.54) is 17.0 Å². The monoisotopic (exact) mass is 395 g/mol. The fourth-order valence-corrected chi connectivity index (χ4v) is 4.71. The van der Waals surface area contributed by atoms with E-state index in [-0.39, 0.29) is 54.7 Å². The van der Waals surface area contributed by atoms with E-state index in [4.69, 9.17) is 10.5 Å². The summed E-state index contributed by atoms with van der Waals surface area (Å²) >= 11 is 0. The molecule has 1 saturated heterocycles. The minimum atomic E-state index is -3.67. The Morgan fingerprint density at radius 3 is 2.70 bits per heavy atom. The standard InChI is InChI=1S/C17H21N3O6S/c18-6-7-26-8-9-27(24,25)14-3-1-2-11-12(14)10-20(17(11)23)13-4-5-15(21)19-16(13)22/h1-3,13H,4-10,18H2,(H,19,21,22). The quantitative estimate of drug-likeness (QED) is 0.455. The molecule has 0 aliphatic carbocycles. The first-order valence-electron chi connectivity index (χ1n) is 8.62. The van der Waals surface area contributed by atoms with Crippen molar-refractivity contribution in [1.29, 1.82) is 0 Å². The highest BCUT2D eigenvalue weighted by molar-refractivity contribution is 7.91. The zero-order valence-corrected chi connectivity index (χ0v) is 15.5. The number of carbonyl (C=O) groups is 3. The number of nitrogens with zero attached hydrogens (tertiary/aromatic N) is 1. The number of amides is 3. The van der Waals surface area contributed by atoms with Crippen molar-refractivity contribution in [2.24, 2.45) is 5.73 Å². The lowest BCUT2D eigenvalue weighted by Gasteiger charge is -2.29. The maximum absolute atomic E-state index is 12.7. The summed E-state index contributed by atoms with van der Waals surface area (Å²) in [4.78, 5) is 37.6. The largest absolute Gasteiger partial charge is 0.379 e. The van der Waals surface area contributed by atoms with E-state index in [0.717, 1.165) is 0 Å². The summed E-state index contributed by atoms with van der Waals surface area (Å²) in [7, 11) is -3.67. The molecule has 146 valence electrons. The van der Waals surface area contributed by atoms with Crippen LogP contribution in [0.2, 0.25) is 0 Å². The van der Waals surface area contributed by atoms with Gasteiger partial charge in [-0.1, -0.05) is 6.07 Å². The van der Waals surface area contributed by atoms with Crippen molar-refractivity contribution in [2.45, 2.75) is 30.3 Å². The molecule has 2 heterocycles. The van der Waals surface area contributed by atoms with E-state index < -0.39 is 27.7 Å². The number of piperidine rings is 1.